The maximum atomic E-state index is 5.50. The number of halogens is 3. The van der Waals surface area contributed by atoms with Gasteiger partial charge in [-0.1, -0.05) is 0 Å². The number of hydrogen-bond acceptors (Lipinski definition) is 2. The average Bonchev–Trinajstić information content (AvgIpc) is 1.67. The predicted molar refractivity (Wildman–Crippen MR) is 45.4 cm³/mol. The van der Waals surface area contributed by atoms with E-state index in [1.54, 1.807) is 0 Å². The molecule has 0 saturated carbocycles. The quantitative estimate of drug-likeness (QED) is 0.516. The van der Waals surface area contributed by atoms with Gasteiger partial charge in [-0.2, -0.15) is 4.52 Å². The highest BCUT2D eigenvalue weighted by Gasteiger charge is 2.04. The van der Waals surface area contributed by atoms with E-state index < -0.39 is 7.58 Å². The van der Waals surface area contributed by atoms with Gasteiger partial charge < -0.3 is 0 Å². The Morgan fingerprint density at radius 1 is 1.75 bits per heavy atom. The lowest BCUT2D eigenvalue weighted by atomic mass is 13.8. The molecule has 8 heteroatoms. The van der Waals surface area contributed by atoms with E-state index in [0.717, 1.165) is 0 Å². The molecule has 0 aromatic rings. The SMILES string of the molecule is PN(Cl)P(Cl)N=PCl. The highest BCUT2D eigenvalue weighted by molar-refractivity contribution is 7.87. The Labute approximate surface area is 67.6 Å². The van der Waals surface area contributed by atoms with Gasteiger partial charge in [-0.3, -0.25) is 0 Å². The summed E-state index contributed by atoms with van der Waals surface area (Å²) in [6.45, 7) is 0. The van der Waals surface area contributed by atoms with E-state index in [-0.39, 0.29) is 0 Å². The van der Waals surface area contributed by atoms with Crippen LogP contribution in [0.5, 0.6) is 0 Å². The summed E-state index contributed by atoms with van der Waals surface area (Å²) >= 11 is 16.0. The van der Waals surface area contributed by atoms with Crippen molar-refractivity contribution in [1.82, 2.24) is 3.96 Å². The van der Waals surface area contributed by atoms with Crippen molar-refractivity contribution in [2.45, 2.75) is 0 Å². The van der Waals surface area contributed by atoms with E-state index in [0.29, 0.717) is 7.73 Å². The van der Waals surface area contributed by atoms with Crippen LogP contribution in [0.2, 0.25) is 0 Å². The highest BCUT2D eigenvalue weighted by Crippen LogP contribution is 2.53. The lowest BCUT2D eigenvalue weighted by Gasteiger charge is -2.04. The van der Waals surface area contributed by atoms with Crippen molar-refractivity contribution >= 4 is 58.9 Å². The minimum atomic E-state index is -1.12. The maximum Gasteiger partial charge on any atom is 0.211 e. The summed E-state index contributed by atoms with van der Waals surface area (Å²) in [6.07, 6.45) is 0. The van der Waals surface area contributed by atoms with Gasteiger partial charge in [0.15, 0.2) is 0 Å². The summed E-state index contributed by atoms with van der Waals surface area (Å²) in [5, 5.41) is 0. The molecule has 0 bridgehead atoms. The molecule has 0 spiro atoms. The second-order valence-corrected chi connectivity index (χ2v) is 5.71. The van der Waals surface area contributed by atoms with Gasteiger partial charge >= 0.3 is 0 Å². The Morgan fingerprint density at radius 3 is 2.38 bits per heavy atom. The van der Waals surface area contributed by atoms with Crippen LogP contribution in [0.15, 0.2) is 4.52 Å². The molecule has 0 saturated heterocycles. The van der Waals surface area contributed by atoms with Crippen LogP contribution in [-0.2, 0) is 0 Å². The predicted octanol–water partition coefficient (Wildman–Crippen LogP) is 3.98. The van der Waals surface area contributed by atoms with Crippen LogP contribution >= 0.6 is 58.9 Å². The van der Waals surface area contributed by atoms with E-state index >= 15 is 0 Å². The van der Waals surface area contributed by atoms with E-state index in [1.807, 2.05) is 0 Å². The van der Waals surface area contributed by atoms with Gasteiger partial charge in [0.25, 0.3) is 0 Å². The first-order valence-electron chi connectivity index (χ1n) is 1.37. The molecule has 2 atom stereocenters. The van der Waals surface area contributed by atoms with Crippen LogP contribution in [0, 0.1) is 0 Å². The molecule has 0 aliphatic heterocycles. The van der Waals surface area contributed by atoms with Crippen molar-refractivity contribution in [2.75, 3.05) is 0 Å². The molecule has 8 heavy (non-hydrogen) atoms. The molecular formula is H2Cl3N2P3. The monoisotopic (exact) mass is 228 g/mol. The van der Waals surface area contributed by atoms with Crippen LogP contribution in [0.25, 0.3) is 0 Å². The maximum absolute atomic E-state index is 5.50. The molecule has 0 aromatic heterocycles. The Balaban J connectivity index is 3.47. The molecular weight excluding hydrogens is 227 g/mol. The molecule has 0 N–H and O–H groups in total. The summed E-state index contributed by atoms with van der Waals surface area (Å²) in [6, 6.07) is 0. The number of rotatable bonds is 2. The molecule has 2 unspecified atom stereocenters. The molecule has 0 amide bonds. The Hall–Kier alpha value is 1.79. The fourth-order valence-electron chi connectivity index (χ4n) is 0.0661. The molecule has 0 fully saturated rings. The largest absolute Gasteiger partial charge is 0.211 e. The Kier molecular flexibility index (Phi) is 6.81. The van der Waals surface area contributed by atoms with Crippen molar-refractivity contribution in [2.24, 2.45) is 4.52 Å². The normalized spacial score (nSPS) is 15.6. The standard InChI is InChI=1S/Cl3H2N2P3/c1-5(6)8(3)4-7-2/h6H2. The fourth-order valence-corrected chi connectivity index (χ4v) is 2.47. The number of nitrogens with zero attached hydrogens (tertiary/aromatic N) is 2. The summed E-state index contributed by atoms with van der Waals surface area (Å²) < 4.78 is 4.88. The van der Waals surface area contributed by atoms with Gasteiger partial charge in [0.2, 0.25) is 7.58 Å². The van der Waals surface area contributed by atoms with E-state index in [1.165, 1.54) is 3.96 Å². The van der Waals surface area contributed by atoms with E-state index in [4.69, 9.17) is 34.3 Å². The van der Waals surface area contributed by atoms with E-state index in [9.17, 15) is 0 Å². The van der Waals surface area contributed by atoms with Gasteiger partial charge in [-0.05, 0) is 43.6 Å². The van der Waals surface area contributed by atoms with Crippen LogP contribution in [0.1, 0.15) is 0 Å². The molecule has 2 nitrogen and oxygen atoms in total. The Morgan fingerprint density at radius 2 is 2.25 bits per heavy atom. The van der Waals surface area contributed by atoms with Crippen molar-refractivity contribution in [3.05, 3.63) is 0 Å². The van der Waals surface area contributed by atoms with Gasteiger partial charge in [-0.15, -0.1) is 3.96 Å². The van der Waals surface area contributed by atoms with Crippen LogP contribution in [0.3, 0.4) is 0 Å². The zero-order valence-electron chi connectivity index (χ0n) is 3.50. The number of hydrogen-bond donors (Lipinski definition) is 0. The zero-order valence-corrected chi connectivity index (χ0v) is 8.71. The van der Waals surface area contributed by atoms with Crippen LogP contribution < -0.4 is 0 Å². The summed E-state index contributed by atoms with van der Waals surface area (Å²) in [4.78, 5) is 0. The van der Waals surface area contributed by atoms with Gasteiger partial charge in [0.1, 0.15) is 7.73 Å². The molecule has 48 valence electrons. The average molecular weight is 229 g/mol. The third-order valence-electron chi connectivity index (χ3n) is 0.265. The fraction of sp³-hybridized carbons (Fsp3) is 0. The van der Waals surface area contributed by atoms with Crippen molar-refractivity contribution in [1.29, 1.82) is 0 Å². The first-order valence-corrected chi connectivity index (χ1v) is 6.12. The molecule has 0 aliphatic rings. The lowest BCUT2D eigenvalue weighted by Crippen LogP contribution is -1.74. The van der Waals surface area contributed by atoms with E-state index in [2.05, 4.69) is 13.9 Å². The zero-order chi connectivity index (χ0) is 6.57. The lowest BCUT2D eigenvalue weighted by molar-refractivity contribution is 1.23. The highest BCUT2D eigenvalue weighted by atomic mass is 35.7. The Bertz CT molecular complexity index is 82.6. The second-order valence-electron chi connectivity index (χ2n) is 0.694. The van der Waals surface area contributed by atoms with Crippen LogP contribution in [-0.4, -0.2) is 3.96 Å². The molecule has 0 aromatic carbocycles. The minimum absolute atomic E-state index is 0.389. The van der Waals surface area contributed by atoms with Crippen LogP contribution in [0.4, 0.5) is 0 Å². The molecule has 0 rings (SSSR count). The summed E-state index contributed by atoms with van der Waals surface area (Å²) in [5.41, 5.74) is 0. The second kappa shape index (κ2) is 5.57. The summed E-state index contributed by atoms with van der Waals surface area (Å²) in [5.74, 6) is 0. The smallest absolute Gasteiger partial charge is 0.194 e. The first kappa shape index (κ1) is 9.79. The third-order valence-corrected chi connectivity index (χ3v) is 4.90. The molecule has 0 radical (unpaired) electrons. The third kappa shape index (κ3) is 4.65. The van der Waals surface area contributed by atoms with Gasteiger partial charge in [0.05, 0.1) is 0 Å². The first-order chi connectivity index (χ1) is 3.68. The van der Waals surface area contributed by atoms with Crippen molar-refractivity contribution < 1.29 is 0 Å². The topological polar surface area (TPSA) is 15.6 Å². The van der Waals surface area contributed by atoms with Gasteiger partial charge in [0, 0.05) is 0 Å². The minimum Gasteiger partial charge on any atom is -0.194 e. The van der Waals surface area contributed by atoms with Crippen molar-refractivity contribution in [3.8, 4) is 0 Å². The van der Waals surface area contributed by atoms with Gasteiger partial charge in [-0.25, -0.2) is 0 Å². The molecule has 0 aliphatic carbocycles. The van der Waals surface area contributed by atoms with Crippen molar-refractivity contribution in [3.63, 3.8) is 0 Å². The molecule has 0 heterocycles. The summed E-state index contributed by atoms with van der Waals surface area (Å²) in [7, 11) is 1.45.